The van der Waals surface area contributed by atoms with Crippen molar-refractivity contribution in [1.29, 1.82) is 0 Å². The molecule has 3 rings (SSSR count). The summed E-state index contributed by atoms with van der Waals surface area (Å²) in [7, 11) is 3.30. The molecule has 0 aliphatic heterocycles. The van der Waals surface area contributed by atoms with E-state index in [1.54, 1.807) is 30.7 Å². The number of aromatic nitrogens is 4. The first-order chi connectivity index (χ1) is 11.3. The van der Waals surface area contributed by atoms with Gasteiger partial charge in [-0.1, -0.05) is 30.0 Å². The first kappa shape index (κ1) is 15.4. The SMILES string of the molecule is COc1ccc(OC)c(CSc2nnnn2-c2ccccc2)c1. The van der Waals surface area contributed by atoms with Crippen LogP contribution in [0.4, 0.5) is 0 Å². The molecule has 0 unspecified atom stereocenters. The molecule has 0 atom stereocenters. The summed E-state index contributed by atoms with van der Waals surface area (Å²) in [5, 5.41) is 12.6. The highest BCUT2D eigenvalue weighted by Gasteiger charge is 2.11. The lowest BCUT2D eigenvalue weighted by Gasteiger charge is -2.10. The summed E-state index contributed by atoms with van der Waals surface area (Å²) in [6.45, 7) is 0. The summed E-state index contributed by atoms with van der Waals surface area (Å²) >= 11 is 1.54. The zero-order chi connectivity index (χ0) is 16.1. The van der Waals surface area contributed by atoms with Gasteiger partial charge in [-0.2, -0.15) is 4.68 Å². The molecule has 0 radical (unpaired) electrons. The average molecular weight is 328 g/mol. The van der Waals surface area contributed by atoms with Crippen LogP contribution in [0, 0.1) is 0 Å². The Bertz CT molecular complexity index is 777. The van der Waals surface area contributed by atoms with Crippen LogP contribution >= 0.6 is 11.8 Å². The highest BCUT2D eigenvalue weighted by molar-refractivity contribution is 7.98. The standard InChI is InChI=1S/C16H16N4O2S/c1-21-14-8-9-15(22-2)12(10-14)11-23-16-17-18-19-20(16)13-6-4-3-5-7-13/h3-10H,11H2,1-2H3. The van der Waals surface area contributed by atoms with Crippen molar-refractivity contribution < 1.29 is 9.47 Å². The number of ether oxygens (including phenoxy) is 2. The number of thioether (sulfide) groups is 1. The highest BCUT2D eigenvalue weighted by Crippen LogP contribution is 2.30. The van der Waals surface area contributed by atoms with Crippen molar-refractivity contribution in [2.45, 2.75) is 10.9 Å². The molecular weight excluding hydrogens is 312 g/mol. The fourth-order valence-corrected chi connectivity index (χ4v) is 3.01. The molecule has 0 saturated heterocycles. The molecule has 7 heteroatoms. The van der Waals surface area contributed by atoms with E-state index < -0.39 is 0 Å². The van der Waals surface area contributed by atoms with Gasteiger partial charge >= 0.3 is 0 Å². The monoisotopic (exact) mass is 328 g/mol. The van der Waals surface area contributed by atoms with Crippen LogP contribution in [-0.4, -0.2) is 34.4 Å². The molecule has 1 aromatic heterocycles. The second-order valence-electron chi connectivity index (χ2n) is 4.68. The molecule has 0 saturated carbocycles. The smallest absolute Gasteiger partial charge is 0.214 e. The van der Waals surface area contributed by atoms with Crippen molar-refractivity contribution in [2.24, 2.45) is 0 Å². The Morgan fingerprint density at radius 3 is 2.61 bits per heavy atom. The zero-order valence-corrected chi connectivity index (χ0v) is 13.7. The number of tetrazole rings is 1. The zero-order valence-electron chi connectivity index (χ0n) is 12.8. The molecule has 118 valence electrons. The van der Waals surface area contributed by atoms with E-state index in [1.165, 1.54) is 0 Å². The first-order valence-corrected chi connectivity index (χ1v) is 7.98. The van der Waals surface area contributed by atoms with Gasteiger partial charge in [0, 0.05) is 11.3 Å². The summed E-state index contributed by atoms with van der Waals surface area (Å²) in [5.74, 6) is 2.29. The van der Waals surface area contributed by atoms with Gasteiger partial charge in [-0.25, -0.2) is 0 Å². The second-order valence-corrected chi connectivity index (χ2v) is 5.62. The number of methoxy groups -OCH3 is 2. The van der Waals surface area contributed by atoms with Crippen molar-refractivity contribution in [3.8, 4) is 17.2 Å². The number of rotatable bonds is 6. The van der Waals surface area contributed by atoms with Crippen LogP contribution in [0.15, 0.2) is 53.7 Å². The summed E-state index contributed by atoms with van der Waals surface area (Å²) in [6.07, 6.45) is 0. The molecule has 0 amide bonds. The van der Waals surface area contributed by atoms with Gasteiger partial charge in [0.1, 0.15) is 11.5 Å². The summed E-state index contributed by atoms with van der Waals surface area (Å²) < 4.78 is 12.4. The van der Waals surface area contributed by atoms with Gasteiger partial charge in [-0.15, -0.1) is 5.10 Å². The van der Waals surface area contributed by atoms with E-state index in [-0.39, 0.29) is 0 Å². The Hall–Kier alpha value is -2.54. The maximum Gasteiger partial charge on any atom is 0.214 e. The quantitative estimate of drug-likeness (QED) is 0.648. The van der Waals surface area contributed by atoms with E-state index in [9.17, 15) is 0 Å². The van der Waals surface area contributed by atoms with Crippen LogP contribution < -0.4 is 9.47 Å². The largest absolute Gasteiger partial charge is 0.497 e. The van der Waals surface area contributed by atoms with Gasteiger partial charge in [-0.3, -0.25) is 0 Å². The van der Waals surface area contributed by atoms with Crippen molar-refractivity contribution in [3.63, 3.8) is 0 Å². The Labute approximate surface area is 138 Å². The van der Waals surface area contributed by atoms with Crippen molar-refractivity contribution in [1.82, 2.24) is 20.2 Å². The lowest BCUT2D eigenvalue weighted by Crippen LogP contribution is -1.99. The maximum atomic E-state index is 5.40. The summed E-state index contributed by atoms with van der Waals surface area (Å²) in [4.78, 5) is 0. The van der Waals surface area contributed by atoms with Crippen molar-refractivity contribution in [2.75, 3.05) is 14.2 Å². The maximum absolute atomic E-state index is 5.40. The molecule has 0 aliphatic rings. The highest BCUT2D eigenvalue weighted by atomic mass is 32.2. The molecule has 23 heavy (non-hydrogen) atoms. The molecule has 1 heterocycles. The molecular formula is C16H16N4O2S. The number of benzene rings is 2. The number of para-hydroxylation sites is 1. The van der Waals surface area contributed by atoms with E-state index in [0.29, 0.717) is 5.75 Å². The third-order valence-corrected chi connectivity index (χ3v) is 4.25. The van der Waals surface area contributed by atoms with Crippen LogP contribution in [0.3, 0.4) is 0 Å². The topological polar surface area (TPSA) is 62.1 Å². The van der Waals surface area contributed by atoms with Gasteiger partial charge in [-0.05, 0) is 40.8 Å². The molecule has 2 aromatic carbocycles. The average Bonchev–Trinajstić information content (AvgIpc) is 3.09. The summed E-state index contributed by atoms with van der Waals surface area (Å²) in [5.41, 5.74) is 1.96. The van der Waals surface area contributed by atoms with E-state index in [1.807, 2.05) is 48.5 Å². The minimum Gasteiger partial charge on any atom is -0.497 e. The van der Waals surface area contributed by atoms with Crippen LogP contribution in [0.5, 0.6) is 11.5 Å². The van der Waals surface area contributed by atoms with Crippen LogP contribution in [0.1, 0.15) is 5.56 Å². The number of nitrogens with zero attached hydrogens (tertiary/aromatic N) is 4. The summed E-state index contributed by atoms with van der Waals surface area (Å²) in [6, 6.07) is 15.5. The van der Waals surface area contributed by atoms with Gasteiger partial charge < -0.3 is 9.47 Å². The second kappa shape index (κ2) is 7.15. The van der Waals surface area contributed by atoms with Gasteiger partial charge in [0.05, 0.1) is 19.9 Å². The number of hydrogen-bond acceptors (Lipinski definition) is 6. The molecule has 6 nitrogen and oxygen atoms in total. The van der Waals surface area contributed by atoms with Crippen LogP contribution in [0.25, 0.3) is 5.69 Å². The molecule has 0 bridgehead atoms. The van der Waals surface area contributed by atoms with E-state index in [4.69, 9.17) is 9.47 Å². The van der Waals surface area contributed by atoms with Crippen molar-refractivity contribution in [3.05, 3.63) is 54.1 Å². The third-order valence-electron chi connectivity index (χ3n) is 3.29. The van der Waals surface area contributed by atoms with Crippen LogP contribution in [0.2, 0.25) is 0 Å². The molecule has 0 fully saturated rings. The Kier molecular flexibility index (Phi) is 4.77. The van der Waals surface area contributed by atoms with Gasteiger partial charge in [0.25, 0.3) is 0 Å². The normalized spacial score (nSPS) is 10.5. The Morgan fingerprint density at radius 2 is 1.87 bits per heavy atom. The lowest BCUT2D eigenvalue weighted by atomic mass is 10.2. The van der Waals surface area contributed by atoms with Gasteiger partial charge in [0.2, 0.25) is 5.16 Å². The minimum atomic E-state index is 0.674. The molecule has 0 N–H and O–H groups in total. The Balaban J connectivity index is 1.81. The van der Waals surface area contributed by atoms with Gasteiger partial charge in [0.15, 0.2) is 0 Å². The van der Waals surface area contributed by atoms with Crippen LogP contribution in [-0.2, 0) is 5.75 Å². The minimum absolute atomic E-state index is 0.674. The van der Waals surface area contributed by atoms with Crippen molar-refractivity contribution >= 4 is 11.8 Å². The molecule has 0 spiro atoms. The fourth-order valence-electron chi connectivity index (χ4n) is 2.14. The predicted molar refractivity (Wildman–Crippen MR) is 88.3 cm³/mol. The predicted octanol–water partition coefficient (Wildman–Crippen LogP) is 2.97. The molecule has 0 aliphatic carbocycles. The first-order valence-electron chi connectivity index (χ1n) is 6.99. The van der Waals surface area contributed by atoms with E-state index in [2.05, 4.69) is 15.5 Å². The van der Waals surface area contributed by atoms with E-state index in [0.717, 1.165) is 27.9 Å². The number of hydrogen-bond donors (Lipinski definition) is 0. The Morgan fingerprint density at radius 1 is 1.04 bits per heavy atom. The fraction of sp³-hybridized carbons (Fsp3) is 0.188. The van der Waals surface area contributed by atoms with E-state index >= 15 is 0 Å². The lowest BCUT2D eigenvalue weighted by molar-refractivity contribution is 0.400. The molecule has 3 aromatic rings. The third kappa shape index (κ3) is 3.45.